The van der Waals surface area contributed by atoms with E-state index in [0.717, 1.165) is 38.3 Å². The molecule has 0 saturated carbocycles. The molecule has 118 valence electrons. The number of pyridine rings is 1. The summed E-state index contributed by atoms with van der Waals surface area (Å²) >= 11 is 0. The average Bonchev–Trinajstić information content (AvgIpc) is 2.53. The summed E-state index contributed by atoms with van der Waals surface area (Å²) in [5.41, 5.74) is 1.25. The van der Waals surface area contributed by atoms with Gasteiger partial charge in [0.1, 0.15) is 5.82 Å². The molecule has 4 heteroatoms. The predicted molar refractivity (Wildman–Crippen MR) is 87.7 cm³/mol. The van der Waals surface area contributed by atoms with Crippen LogP contribution in [0.3, 0.4) is 0 Å². The Morgan fingerprint density at radius 2 is 2.29 bits per heavy atom. The minimum absolute atomic E-state index is 0.311. The first-order valence-corrected chi connectivity index (χ1v) is 8.12. The lowest BCUT2D eigenvalue weighted by Crippen LogP contribution is -2.44. The molecule has 1 aromatic heterocycles. The van der Waals surface area contributed by atoms with Crippen molar-refractivity contribution in [1.29, 1.82) is 0 Å². The lowest BCUT2D eigenvalue weighted by molar-refractivity contribution is 0.0496. The molecule has 4 nitrogen and oxygen atoms in total. The Morgan fingerprint density at radius 3 is 2.90 bits per heavy atom. The second-order valence-corrected chi connectivity index (χ2v) is 6.11. The van der Waals surface area contributed by atoms with Gasteiger partial charge in [-0.15, -0.1) is 0 Å². The molecule has 0 amide bonds. The van der Waals surface area contributed by atoms with E-state index in [1.54, 1.807) is 0 Å². The molecule has 1 aliphatic heterocycles. The maximum Gasteiger partial charge on any atom is 0.128 e. The van der Waals surface area contributed by atoms with Gasteiger partial charge in [0.25, 0.3) is 0 Å². The Hall–Kier alpha value is -1.13. The third-order valence-corrected chi connectivity index (χ3v) is 4.49. The van der Waals surface area contributed by atoms with Gasteiger partial charge in [-0.25, -0.2) is 4.98 Å². The summed E-state index contributed by atoms with van der Waals surface area (Å²) in [6.07, 6.45) is 4.63. The molecule has 1 saturated heterocycles. The fourth-order valence-corrected chi connectivity index (χ4v) is 2.87. The van der Waals surface area contributed by atoms with Crippen molar-refractivity contribution >= 4 is 5.82 Å². The average molecular weight is 291 g/mol. The minimum atomic E-state index is 0.311. The minimum Gasteiger partial charge on any atom is -0.379 e. The van der Waals surface area contributed by atoms with E-state index in [0.29, 0.717) is 18.1 Å². The first-order chi connectivity index (χ1) is 10.2. The van der Waals surface area contributed by atoms with E-state index in [1.165, 1.54) is 5.56 Å². The highest BCUT2D eigenvalue weighted by atomic mass is 16.5. The molecule has 1 fully saturated rings. The molecule has 0 radical (unpaired) electrons. The van der Waals surface area contributed by atoms with Gasteiger partial charge in [-0.05, 0) is 43.9 Å². The highest BCUT2D eigenvalue weighted by Gasteiger charge is 2.26. The van der Waals surface area contributed by atoms with Crippen LogP contribution in [0.2, 0.25) is 0 Å². The van der Waals surface area contributed by atoms with Crippen molar-refractivity contribution in [2.24, 2.45) is 5.92 Å². The highest BCUT2D eigenvalue weighted by molar-refractivity contribution is 5.40. The van der Waals surface area contributed by atoms with Crippen molar-refractivity contribution in [3.63, 3.8) is 0 Å². The first kappa shape index (κ1) is 16.2. The zero-order chi connectivity index (χ0) is 15.2. The molecule has 0 spiro atoms. The molecule has 3 unspecified atom stereocenters. The van der Waals surface area contributed by atoms with Crippen molar-refractivity contribution in [1.82, 2.24) is 10.3 Å². The molecule has 1 aliphatic rings. The lowest BCUT2D eigenvalue weighted by atomic mass is 9.96. The number of hydrogen-bond acceptors (Lipinski definition) is 4. The molecule has 1 N–H and O–H groups in total. The van der Waals surface area contributed by atoms with Gasteiger partial charge in [0, 0.05) is 32.4 Å². The van der Waals surface area contributed by atoms with Crippen LogP contribution < -0.4 is 10.2 Å². The van der Waals surface area contributed by atoms with Crippen LogP contribution >= 0.6 is 0 Å². The second kappa shape index (κ2) is 7.76. The van der Waals surface area contributed by atoms with Crippen molar-refractivity contribution in [2.45, 2.75) is 45.8 Å². The largest absolute Gasteiger partial charge is 0.379 e. The van der Waals surface area contributed by atoms with E-state index in [9.17, 15) is 0 Å². The van der Waals surface area contributed by atoms with Crippen molar-refractivity contribution in [3.8, 4) is 0 Å². The summed E-state index contributed by atoms with van der Waals surface area (Å²) in [6, 6.07) is 4.69. The van der Waals surface area contributed by atoms with E-state index in [2.05, 4.69) is 48.1 Å². The van der Waals surface area contributed by atoms with Crippen molar-refractivity contribution in [2.75, 3.05) is 31.6 Å². The molecule has 21 heavy (non-hydrogen) atoms. The van der Waals surface area contributed by atoms with E-state index >= 15 is 0 Å². The van der Waals surface area contributed by atoms with Gasteiger partial charge < -0.3 is 15.0 Å². The highest BCUT2D eigenvalue weighted by Crippen LogP contribution is 2.24. The molecule has 2 heterocycles. The Balaban J connectivity index is 1.98. The number of rotatable bonds is 6. The quantitative estimate of drug-likeness (QED) is 0.874. The van der Waals surface area contributed by atoms with Gasteiger partial charge in [0.2, 0.25) is 0 Å². The number of aromatic nitrogens is 1. The zero-order valence-corrected chi connectivity index (χ0v) is 13.8. The summed E-state index contributed by atoms with van der Waals surface area (Å²) in [6.45, 7) is 9.69. The van der Waals surface area contributed by atoms with Gasteiger partial charge in [-0.3, -0.25) is 0 Å². The van der Waals surface area contributed by atoms with Crippen LogP contribution in [-0.2, 0) is 4.74 Å². The fraction of sp³-hybridized carbons (Fsp3) is 0.706. The Morgan fingerprint density at radius 1 is 1.48 bits per heavy atom. The van der Waals surface area contributed by atoms with Crippen molar-refractivity contribution < 1.29 is 4.74 Å². The standard InChI is InChI=1S/C17H29N3O/c1-5-9-18-14(3)15-6-7-17(19-11-15)20-10-8-13(2)16(12-20)21-4/h6-7,11,13-14,16,18H,5,8-10,12H2,1-4H3. The van der Waals surface area contributed by atoms with E-state index in [4.69, 9.17) is 4.74 Å². The summed E-state index contributed by atoms with van der Waals surface area (Å²) in [5, 5.41) is 3.50. The number of methoxy groups -OCH3 is 1. The van der Waals surface area contributed by atoms with E-state index in [1.807, 2.05) is 13.3 Å². The number of piperidine rings is 1. The number of nitrogens with zero attached hydrogens (tertiary/aromatic N) is 2. The van der Waals surface area contributed by atoms with Gasteiger partial charge in [0.05, 0.1) is 6.10 Å². The molecular formula is C17H29N3O. The van der Waals surface area contributed by atoms with Crippen LogP contribution in [0.1, 0.15) is 45.2 Å². The van der Waals surface area contributed by atoms with Gasteiger partial charge in [0.15, 0.2) is 0 Å². The molecular weight excluding hydrogens is 262 g/mol. The lowest BCUT2D eigenvalue weighted by Gasteiger charge is -2.37. The third kappa shape index (κ3) is 4.17. The number of ether oxygens (including phenoxy) is 1. The maximum atomic E-state index is 5.58. The maximum absolute atomic E-state index is 5.58. The van der Waals surface area contributed by atoms with Gasteiger partial charge in [-0.2, -0.15) is 0 Å². The SMILES string of the molecule is CCCNC(C)c1ccc(N2CCC(C)C(OC)C2)nc1. The number of anilines is 1. The van der Waals surface area contributed by atoms with Crippen LogP contribution in [0, 0.1) is 5.92 Å². The first-order valence-electron chi connectivity index (χ1n) is 8.12. The van der Waals surface area contributed by atoms with Crippen LogP contribution in [0.4, 0.5) is 5.82 Å². The van der Waals surface area contributed by atoms with E-state index < -0.39 is 0 Å². The Labute approximate surface area is 128 Å². The Bertz CT molecular complexity index is 421. The summed E-state index contributed by atoms with van der Waals surface area (Å²) in [7, 11) is 1.81. The molecule has 2 rings (SSSR count). The zero-order valence-electron chi connectivity index (χ0n) is 13.8. The second-order valence-electron chi connectivity index (χ2n) is 6.11. The Kier molecular flexibility index (Phi) is 6.00. The molecule has 0 bridgehead atoms. The van der Waals surface area contributed by atoms with E-state index in [-0.39, 0.29) is 0 Å². The fourth-order valence-electron chi connectivity index (χ4n) is 2.87. The molecule has 1 aromatic rings. The third-order valence-electron chi connectivity index (χ3n) is 4.49. The van der Waals surface area contributed by atoms with Crippen LogP contribution in [0.5, 0.6) is 0 Å². The predicted octanol–water partition coefficient (Wildman–Crippen LogP) is 3.00. The molecule has 0 aromatic carbocycles. The van der Waals surface area contributed by atoms with Crippen LogP contribution in [0.15, 0.2) is 18.3 Å². The molecule has 3 atom stereocenters. The summed E-state index contributed by atoms with van der Waals surface area (Å²) in [5.74, 6) is 1.69. The van der Waals surface area contributed by atoms with Gasteiger partial charge >= 0.3 is 0 Å². The summed E-state index contributed by atoms with van der Waals surface area (Å²) < 4.78 is 5.58. The molecule has 0 aliphatic carbocycles. The van der Waals surface area contributed by atoms with Crippen LogP contribution in [-0.4, -0.2) is 37.8 Å². The number of hydrogen-bond donors (Lipinski definition) is 1. The monoisotopic (exact) mass is 291 g/mol. The van der Waals surface area contributed by atoms with Crippen molar-refractivity contribution in [3.05, 3.63) is 23.9 Å². The smallest absolute Gasteiger partial charge is 0.128 e. The normalized spacial score (nSPS) is 24.1. The van der Waals surface area contributed by atoms with Crippen LogP contribution in [0.25, 0.3) is 0 Å². The summed E-state index contributed by atoms with van der Waals surface area (Å²) in [4.78, 5) is 6.99. The number of nitrogens with one attached hydrogen (secondary N) is 1. The van der Waals surface area contributed by atoms with Gasteiger partial charge in [-0.1, -0.05) is 19.9 Å². The topological polar surface area (TPSA) is 37.4 Å².